The molecule has 2 aromatic rings. The molecule has 0 unspecified atom stereocenters. The second-order valence-corrected chi connectivity index (χ2v) is 7.84. The van der Waals surface area contributed by atoms with E-state index in [1.807, 2.05) is 60.7 Å². The molecule has 0 spiro atoms. The molecule has 0 aromatic heterocycles. The summed E-state index contributed by atoms with van der Waals surface area (Å²) in [6.45, 7) is 3.95. The number of hydrogen-bond donors (Lipinski definition) is 0. The van der Waals surface area contributed by atoms with Gasteiger partial charge in [0.15, 0.2) is 0 Å². The summed E-state index contributed by atoms with van der Waals surface area (Å²) in [4.78, 5) is 26.2. The Labute approximate surface area is 164 Å². The number of ether oxygens (including phenoxy) is 2. The fraction of sp³-hybridized carbons (Fsp3) is 0.364. The molecule has 1 aliphatic rings. The number of rotatable bonds is 6. The van der Waals surface area contributed by atoms with Crippen molar-refractivity contribution in [1.82, 2.24) is 0 Å². The van der Waals surface area contributed by atoms with Crippen LogP contribution in [0.1, 0.15) is 42.6 Å². The minimum absolute atomic E-state index is 0.00483. The van der Waals surface area contributed by atoms with Crippen LogP contribution in [0.4, 0.5) is 0 Å². The van der Waals surface area contributed by atoms with Crippen molar-refractivity contribution < 1.29 is 19.1 Å². The molecule has 3 rings (SSSR count). The predicted octanol–water partition coefficient (Wildman–Crippen LogP) is 4.51. The van der Waals surface area contributed by atoms with Gasteiger partial charge >= 0.3 is 11.9 Å². The molecule has 27 heavy (non-hydrogen) atoms. The van der Waals surface area contributed by atoms with Crippen molar-refractivity contribution in [2.75, 3.05) is 13.2 Å². The predicted molar refractivity (Wildman–Crippen MR) is 107 cm³/mol. The van der Waals surface area contributed by atoms with Crippen LogP contribution in [0.25, 0.3) is 0 Å². The topological polar surface area (TPSA) is 52.6 Å². The third-order valence-corrected chi connectivity index (χ3v) is 6.54. The molecule has 142 valence electrons. The smallest absolute Gasteiger partial charge is 0.334 e. The van der Waals surface area contributed by atoms with E-state index < -0.39 is 16.7 Å². The fourth-order valence-electron chi connectivity index (χ4n) is 3.60. The van der Waals surface area contributed by atoms with Gasteiger partial charge in [-0.15, -0.1) is 11.8 Å². The van der Waals surface area contributed by atoms with Gasteiger partial charge in [-0.05, 0) is 31.4 Å². The molecule has 5 heteroatoms. The van der Waals surface area contributed by atoms with Gasteiger partial charge in [0.05, 0.1) is 13.2 Å². The molecular formula is C22H24O4S. The summed E-state index contributed by atoms with van der Waals surface area (Å²) in [5.41, 5.74) is 2.04. The van der Waals surface area contributed by atoms with E-state index in [0.29, 0.717) is 6.42 Å². The third-order valence-electron chi connectivity index (χ3n) is 4.80. The lowest BCUT2D eigenvalue weighted by atomic mass is 9.81. The third kappa shape index (κ3) is 3.74. The molecular weight excluding hydrogens is 360 g/mol. The second-order valence-electron chi connectivity index (χ2n) is 6.39. The van der Waals surface area contributed by atoms with Gasteiger partial charge in [0.25, 0.3) is 0 Å². The van der Waals surface area contributed by atoms with E-state index in [9.17, 15) is 9.59 Å². The highest BCUT2D eigenvalue weighted by atomic mass is 32.2. The lowest BCUT2D eigenvalue weighted by Gasteiger charge is -2.30. The highest BCUT2D eigenvalue weighted by molar-refractivity contribution is 8.02. The largest absolute Gasteiger partial charge is 0.464 e. The normalized spacial score (nSPS) is 20.8. The first-order chi connectivity index (χ1) is 13.1. The number of esters is 2. The van der Waals surface area contributed by atoms with Gasteiger partial charge < -0.3 is 9.47 Å². The summed E-state index contributed by atoms with van der Waals surface area (Å²) in [5, 5.41) is 0.00483. The first-order valence-corrected chi connectivity index (χ1v) is 10.1. The minimum Gasteiger partial charge on any atom is -0.464 e. The molecule has 2 aromatic carbocycles. The Morgan fingerprint density at radius 2 is 1.37 bits per heavy atom. The maximum Gasteiger partial charge on any atom is 0.334 e. The molecule has 0 bridgehead atoms. The van der Waals surface area contributed by atoms with Crippen molar-refractivity contribution in [3.63, 3.8) is 0 Å². The summed E-state index contributed by atoms with van der Waals surface area (Å²) in [7, 11) is 0. The van der Waals surface area contributed by atoms with Gasteiger partial charge in [-0.3, -0.25) is 0 Å². The monoisotopic (exact) mass is 384 g/mol. The van der Waals surface area contributed by atoms with Crippen LogP contribution in [0, 0.1) is 0 Å². The van der Waals surface area contributed by atoms with Crippen molar-refractivity contribution in [1.29, 1.82) is 0 Å². The Morgan fingerprint density at radius 1 is 0.889 bits per heavy atom. The zero-order valence-corrected chi connectivity index (χ0v) is 16.4. The minimum atomic E-state index is -1.39. The van der Waals surface area contributed by atoms with Gasteiger partial charge in [-0.2, -0.15) is 0 Å². The zero-order valence-electron chi connectivity index (χ0n) is 15.6. The van der Waals surface area contributed by atoms with Crippen LogP contribution >= 0.6 is 11.8 Å². The van der Waals surface area contributed by atoms with E-state index >= 15 is 0 Å². The maximum atomic E-state index is 13.1. The van der Waals surface area contributed by atoms with Crippen LogP contribution in [0.3, 0.4) is 0 Å². The van der Waals surface area contributed by atoms with E-state index in [1.54, 1.807) is 13.8 Å². The number of benzene rings is 2. The number of carbonyl (C=O) groups excluding carboxylic acids is 2. The molecule has 4 nitrogen and oxygen atoms in total. The van der Waals surface area contributed by atoms with E-state index in [2.05, 4.69) is 0 Å². The van der Waals surface area contributed by atoms with Crippen LogP contribution < -0.4 is 0 Å². The summed E-state index contributed by atoms with van der Waals surface area (Å²) in [6, 6.07) is 19.7. The summed E-state index contributed by atoms with van der Waals surface area (Å²) in [5.74, 6) is -1.34. The average molecular weight is 384 g/mol. The summed E-state index contributed by atoms with van der Waals surface area (Å²) >= 11 is 1.36. The van der Waals surface area contributed by atoms with E-state index in [0.717, 1.165) is 11.1 Å². The second kappa shape index (κ2) is 8.61. The fourth-order valence-corrected chi connectivity index (χ4v) is 5.34. The van der Waals surface area contributed by atoms with Gasteiger partial charge in [-0.25, -0.2) is 9.59 Å². The standard InChI is InChI=1S/C22H24O4S/c1-3-25-20(23)22(21(24)26-4-2)18(16-11-7-5-8-12-16)15-19(27-22)17-13-9-6-10-14-17/h5-14,18-19H,3-4,15H2,1-2H3/t18-,19+/m1/s1. The Balaban J connectivity index is 2.09. The lowest BCUT2D eigenvalue weighted by Crippen LogP contribution is -2.48. The molecule has 2 atom stereocenters. The Morgan fingerprint density at radius 3 is 1.85 bits per heavy atom. The Hall–Kier alpha value is -2.27. The first kappa shape index (κ1) is 19.5. The quantitative estimate of drug-likeness (QED) is 0.542. The summed E-state index contributed by atoms with van der Waals surface area (Å²) < 4.78 is 9.35. The molecule has 1 aliphatic heterocycles. The van der Waals surface area contributed by atoms with Gasteiger partial charge in [0.2, 0.25) is 4.75 Å². The molecule has 0 aliphatic carbocycles. The molecule has 0 radical (unpaired) electrons. The van der Waals surface area contributed by atoms with Crippen LogP contribution in [0.5, 0.6) is 0 Å². The van der Waals surface area contributed by atoms with E-state index in [-0.39, 0.29) is 24.4 Å². The first-order valence-electron chi connectivity index (χ1n) is 9.25. The van der Waals surface area contributed by atoms with Crippen LogP contribution in [0.15, 0.2) is 60.7 Å². The van der Waals surface area contributed by atoms with Crippen molar-refractivity contribution in [3.05, 3.63) is 71.8 Å². The summed E-state index contributed by atoms with van der Waals surface area (Å²) in [6.07, 6.45) is 0.663. The van der Waals surface area contributed by atoms with Gasteiger partial charge in [0.1, 0.15) is 0 Å². The highest BCUT2D eigenvalue weighted by Crippen LogP contribution is 2.60. The zero-order chi connectivity index (χ0) is 19.3. The molecule has 1 heterocycles. The molecule has 1 saturated heterocycles. The number of hydrogen-bond acceptors (Lipinski definition) is 5. The number of thioether (sulfide) groups is 1. The Kier molecular flexibility index (Phi) is 6.22. The van der Waals surface area contributed by atoms with Crippen molar-refractivity contribution in [3.8, 4) is 0 Å². The Bertz CT molecular complexity index is 757. The number of carbonyl (C=O) groups is 2. The molecule has 0 amide bonds. The lowest BCUT2D eigenvalue weighted by molar-refractivity contribution is -0.159. The molecule has 0 N–H and O–H groups in total. The van der Waals surface area contributed by atoms with Gasteiger partial charge in [0, 0.05) is 11.2 Å². The van der Waals surface area contributed by atoms with Crippen molar-refractivity contribution >= 4 is 23.7 Å². The average Bonchev–Trinajstić information content (AvgIpc) is 3.12. The molecule has 1 fully saturated rings. The van der Waals surface area contributed by atoms with E-state index in [4.69, 9.17) is 9.47 Å². The van der Waals surface area contributed by atoms with Crippen molar-refractivity contribution in [2.24, 2.45) is 0 Å². The van der Waals surface area contributed by atoms with Crippen LogP contribution in [-0.4, -0.2) is 29.9 Å². The van der Waals surface area contributed by atoms with Crippen LogP contribution in [0.2, 0.25) is 0 Å². The van der Waals surface area contributed by atoms with Crippen molar-refractivity contribution in [2.45, 2.75) is 36.2 Å². The van der Waals surface area contributed by atoms with E-state index in [1.165, 1.54) is 11.8 Å². The highest BCUT2D eigenvalue weighted by Gasteiger charge is 2.61. The van der Waals surface area contributed by atoms with Gasteiger partial charge in [-0.1, -0.05) is 60.7 Å². The molecule has 0 saturated carbocycles. The van der Waals surface area contributed by atoms with Crippen LogP contribution in [-0.2, 0) is 19.1 Å². The SMILES string of the molecule is CCOC(=O)C1(C(=O)OCC)S[C@H](c2ccccc2)C[C@@H]1c1ccccc1. The maximum absolute atomic E-state index is 13.1.